The van der Waals surface area contributed by atoms with Gasteiger partial charge >= 0.3 is 0 Å². The zero-order valence-electron chi connectivity index (χ0n) is 12.0. The first-order valence-corrected chi connectivity index (χ1v) is 6.91. The van der Waals surface area contributed by atoms with Gasteiger partial charge in [-0.3, -0.25) is 9.78 Å². The summed E-state index contributed by atoms with van der Waals surface area (Å²) in [5.74, 6) is 1.29. The highest BCUT2D eigenvalue weighted by atomic mass is 16.5. The van der Waals surface area contributed by atoms with Gasteiger partial charge in [-0.2, -0.15) is 0 Å². The molecule has 0 aromatic carbocycles. The smallest absolute Gasteiger partial charge is 0.254 e. The van der Waals surface area contributed by atoms with Gasteiger partial charge in [-0.05, 0) is 18.6 Å². The summed E-state index contributed by atoms with van der Waals surface area (Å²) in [5, 5.41) is 2.81. The normalized spacial score (nSPS) is 10.1. The minimum Gasteiger partial charge on any atom is -0.492 e. The molecule has 0 bridgehead atoms. The maximum Gasteiger partial charge on any atom is 0.254 e. The lowest BCUT2D eigenvalue weighted by molar-refractivity contribution is 0.0950. The van der Waals surface area contributed by atoms with Crippen LogP contribution in [0.25, 0.3) is 0 Å². The van der Waals surface area contributed by atoms with Crippen LogP contribution in [-0.4, -0.2) is 34.0 Å². The predicted molar refractivity (Wildman–Crippen MR) is 78.1 cm³/mol. The minimum absolute atomic E-state index is 0.168. The molecule has 2 aromatic heterocycles. The first-order chi connectivity index (χ1) is 10.3. The van der Waals surface area contributed by atoms with Gasteiger partial charge in [0, 0.05) is 31.6 Å². The Hall–Kier alpha value is -2.50. The standard InChI is InChI=1S/C15H18N4O2/c1-2-14-18-9-12(10-19-14)15(20)17-7-4-8-21-13-5-3-6-16-11-13/h3,5-6,9-11H,2,4,7-8H2,1H3,(H,17,20). The van der Waals surface area contributed by atoms with Gasteiger partial charge in [0.05, 0.1) is 18.4 Å². The molecule has 2 aromatic rings. The summed E-state index contributed by atoms with van der Waals surface area (Å²) < 4.78 is 5.49. The van der Waals surface area contributed by atoms with Crippen molar-refractivity contribution in [2.45, 2.75) is 19.8 Å². The lowest BCUT2D eigenvalue weighted by atomic mass is 10.3. The zero-order chi connectivity index (χ0) is 14.9. The van der Waals surface area contributed by atoms with Crippen LogP contribution in [0.5, 0.6) is 5.75 Å². The number of carbonyl (C=O) groups excluding carboxylic acids is 1. The van der Waals surface area contributed by atoms with Crippen LogP contribution in [0, 0.1) is 0 Å². The van der Waals surface area contributed by atoms with Crippen molar-refractivity contribution < 1.29 is 9.53 Å². The van der Waals surface area contributed by atoms with Gasteiger partial charge in [-0.1, -0.05) is 6.92 Å². The Bertz CT molecular complexity index is 558. The number of pyridine rings is 1. The largest absolute Gasteiger partial charge is 0.492 e. The number of ether oxygens (including phenoxy) is 1. The van der Waals surface area contributed by atoms with Crippen molar-refractivity contribution in [3.63, 3.8) is 0 Å². The first-order valence-electron chi connectivity index (χ1n) is 6.91. The van der Waals surface area contributed by atoms with Gasteiger partial charge in [0.25, 0.3) is 5.91 Å². The molecule has 2 heterocycles. The Balaban J connectivity index is 1.67. The first kappa shape index (κ1) is 14.9. The molecule has 1 amide bonds. The van der Waals surface area contributed by atoms with E-state index in [-0.39, 0.29) is 5.91 Å². The summed E-state index contributed by atoms with van der Waals surface area (Å²) in [6.45, 7) is 3.03. The van der Waals surface area contributed by atoms with Crippen molar-refractivity contribution in [3.05, 3.63) is 48.3 Å². The molecule has 0 unspecified atom stereocenters. The number of carbonyl (C=O) groups is 1. The van der Waals surface area contributed by atoms with Crippen LogP contribution in [0.1, 0.15) is 29.5 Å². The number of hydrogen-bond acceptors (Lipinski definition) is 5. The quantitative estimate of drug-likeness (QED) is 0.783. The molecule has 110 valence electrons. The van der Waals surface area contributed by atoms with Crippen LogP contribution < -0.4 is 10.1 Å². The van der Waals surface area contributed by atoms with E-state index < -0.39 is 0 Å². The maximum absolute atomic E-state index is 11.8. The molecule has 0 radical (unpaired) electrons. The van der Waals surface area contributed by atoms with Gasteiger partial charge in [0.2, 0.25) is 0 Å². The highest BCUT2D eigenvalue weighted by Crippen LogP contribution is 2.05. The molecule has 2 rings (SSSR count). The molecule has 0 atom stereocenters. The van der Waals surface area contributed by atoms with Crippen LogP contribution in [0.3, 0.4) is 0 Å². The summed E-state index contributed by atoms with van der Waals surface area (Å²) in [6.07, 6.45) is 7.92. The molecule has 0 spiro atoms. The number of amides is 1. The van der Waals surface area contributed by atoms with E-state index in [1.54, 1.807) is 24.8 Å². The topological polar surface area (TPSA) is 77.0 Å². The molecule has 0 aliphatic rings. The Morgan fingerprint density at radius 1 is 1.29 bits per heavy atom. The Morgan fingerprint density at radius 3 is 2.76 bits per heavy atom. The molecule has 0 aliphatic heterocycles. The van der Waals surface area contributed by atoms with Gasteiger partial charge in [-0.15, -0.1) is 0 Å². The van der Waals surface area contributed by atoms with Crippen LogP contribution in [-0.2, 0) is 6.42 Å². The number of nitrogens with zero attached hydrogens (tertiary/aromatic N) is 3. The summed E-state index contributed by atoms with van der Waals surface area (Å²) in [7, 11) is 0. The Kier molecular flexibility index (Phi) is 5.63. The van der Waals surface area contributed by atoms with Gasteiger partial charge in [0.15, 0.2) is 0 Å². The van der Waals surface area contributed by atoms with E-state index in [9.17, 15) is 4.79 Å². The second-order valence-corrected chi connectivity index (χ2v) is 4.39. The third-order valence-corrected chi connectivity index (χ3v) is 2.79. The van der Waals surface area contributed by atoms with Crippen molar-refractivity contribution in [1.82, 2.24) is 20.3 Å². The average Bonchev–Trinajstić information content (AvgIpc) is 2.55. The third kappa shape index (κ3) is 4.83. The predicted octanol–water partition coefficient (Wildman–Crippen LogP) is 1.63. The van der Waals surface area contributed by atoms with E-state index in [2.05, 4.69) is 20.3 Å². The monoisotopic (exact) mass is 286 g/mol. The molecule has 0 saturated heterocycles. The van der Waals surface area contributed by atoms with Crippen molar-refractivity contribution in [3.8, 4) is 5.75 Å². The van der Waals surface area contributed by atoms with Crippen LogP contribution in [0.4, 0.5) is 0 Å². The molecule has 21 heavy (non-hydrogen) atoms. The molecule has 0 fully saturated rings. The Morgan fingerprint density at radius 2 is 2.10 bits per heavy atom. The van der Waals surface area contributed by atoms with Crippen LogP contribution >= 0.6 is 0 Å². The van der Waals surface area contributed by atoms with E-state index >= 15 is 0 Å². The fourth-order valence-corrected chi connectivity index (χ4v) is 1.65. The molecular formula is C15H18N4O2. The van der Waals surface area contributed by atoms with Crippen molar-refractivity contribution in [1.29, 1.82) is 0 Å². The van der Waals surface area contributed by atoms with E-state index in [4.69, 9.17) is 4.74 Å². The number of aryl methyl sites for hydroxylation is 1. The van der Waals surface area contributed by atoms with E-state index in [0.717, 1.165) is 18.0 Å². The fraction of sp³-hybridized carbons (Fsp3) is 0.333. The number of rotatable bonds is 7. The molecule has 0 aliphatic carbocycles. The molecular weight excluding hydrogens is 268 g/mol. The van der Waals surface area contributed by atoms with Crippen LogP contribution in [0.15, 0.2) is 36.9 Å². The third-order valence-electron chi connectivity index (χ3n) is 2.79. The number of nitrogens with one attached hydrogen (secondary N) is 1. The summed E-state index contributed by atoms with van der Waals surface area (Å²) in [6, 6.07) is 3.66. The van der Waals surface area contributed by atoms with Gasteiger partial charge < -0.3 is 10.1 Å². The average molecular weight is 286 g/mol. The lowest BCUT2D eigenvalue weighted by Gasteiger charge is -2.07. The Labute approximate surface area is 123 Å². The molecule has 6 heteroatoms. The second-order valence-electron chi connectivity index (χ2n) is 4.39. The van der Waals surface area contributed by atoms with Crippen molar-refractivity contribution in [2.24, 2.45) is 0 Å². The van der Waals surface area contributed by atoms with Gasteiger partial charge in [-0.25, -0.2) is 9.97 Å². The molecule has 1 N–H and O–H groups in total. The SMILES string of the molecule is CCc1ncc(C(=O)NCCCOc2cccnc2)cn1. The van der Waals surface area contributed by atoms with Crippen molar-refractivity contribution >= 4 is 5.91 Å². The minimum atomic E-state index is -0.168. The van der Waals surface area contributed by atoms with Gasteiger partial charge in [0.1, 0.15) is 11.6 Å². The number of aromatic nitrogens is 3. The van der Waals surface area contributed by atoms with Crippen molar-refractivity contribution in [2.75, 3.05) is 13.2 Å². The van der Waals surface area contributed by atoms with E-state index in [0.29, 0.717) is 25.1 Å². The number of hydrogen-bond donors (Lipinski definition) is 1. The second kappa shape index (κ2) is 7.94. The summed E-state index contributed by atoms with van der Waals surface area (Å²) in [5.41, 5.74) is 0.473. The summed E-state index contributed by atoms with van der Waals surface area (Å²) >= 11 is 0. The fourth-order valence-electron chi connectivity index (χ4n) is 1.65. The van der Waals surface area contributed by atoms with Crippen LogP contribution in [0.2, 0.25) is 0 Å². The lowest BCUT2D eigenvalue weighted by Crippen LogP contribution is -2.26. The zero-order valence-corrected chi connectivity index (χ0v) is 12.0. The molecule has 6 nitrogen and oxygen atoms in total. The highest BCUT2D eigenvalue weighted by molar-refractivity contribution is 5.93. The molecule has 0 saturated carbocycles. The highest BCUT2D eigenvalue weighted by Gasteiger charge is 2.05. The van der Waals surface area contributed by atoms with E-state index in [1.807, 2.05) is 19.1 Å². The maximum atomic E-state index is 11.8. The summed E-state index contributed by atoms with van der Waals surface area (Å²) in [4.78, 5) is 24.0. The van der Waals surface area contributed by atoms with E-state index in [1.165, 1.54) is 0 Å².